The fraction of sp³-hybridized carbons (Fsp3) is 0.250. The predicted octanol–water partition coefficient (Wildman–Crippen LogP) is 4.32. The molecule has 3 aromatic rings. The number of hydrogen-bond acceptors (Lipinski definition) is 6. The molecule has 1 aliphatic rings. The van der Waals surface area contributed by atoms with Gasteiger partial charge >= 0.3 is 0 Å². The third kappa shape index (κ3) is 4.91. The van der Waals surface area contributed by atoms with Gasteiger partial charge < -0.3 is 19.8 Å². The molecule has 1 aromatic heterocycles. The van der Waals surface area contributed by atoms with Gasteiger partial charge in [-0.3, -0.25) is 9.69 Å². The lowest BCUT2D eigenvalue weighted by atomic mass is 9.97. The molecule has 0 saturated heterocycles. The van der Waals surface area contributed by atoms with Gasteiger partial charge in [0, 0.05) is 42.2 Å². The van der Waals surface area contributed by atoms with E-state index >= 15 is 0 Å². The van der Waals surface area contributed by atoms with E-state index in [4.69, 9.17) is 27.9 Å². The van der Waals surface area contributed by atoms with Crippen molar-refractivity contribution in [3.05, 3.63) is 81.5 Å². The molecule has 0 saturated carbocycles. The lowest BCUT2D eigenvalue weighted by Crippen LogP contribution is -2.54. The van der Waals surface area contributed by atoms with Gasteiger partial charge in [-0.25, -0.2) is 4.98 Å². The van der Waals surface area contributed by atoms with Crippen LogP contribution in [0.3, 0.4) is 0 Å². The summed E-state index contributed by atoms with van der Waals surface area (Å²) in [5.74, 6) is 0.402. The molecule has 2 N–H and O–H groups in total. The maximum absolute atomic E-state index is 13.5. The molecule has 7 nitrogen and oxygen atoms in total. The summed E-state index contributed by atoms with van der Waals surface area (Å²) >= 11 is 12.2. The van der Waals surface area contributed by atoms with E-state index in [9.17, 15) is 15.0 Å². The number of hydrogen-bond donors (Lipinski definition) is 2. The molecule has 0 radical (unpaired) electrons. The summed E-state index contributed by atoms with van der Waals surface area (Å²) in [7, 11) is 1.69. The summed E-state index contributed by atoms with van der Waals surface area (Å²) in [6.45, 7) is 0.109. The van der Waals surface area contributed by atoms with E-state index in [-0.39, 0.29) is 24.9 Å². The van der Waals surface area contributed by atoms with Crippen molar-refractivity contribution in [3.8, 4) is 11.6 Å². The maximum Gasteiger partial charge on any atom is 0.259 e. The van der Waals surface area contributed by atoms with E-state index in [1.807, 2.05) is 12.1 Å². The molecule has 0 bridgehead atoms. The highest BCUT2D eigenvalue weighted by Crippen LogP contribution is 2.38. The lowest BCUT2D eigenvalue weighted by Gasteiger charge is -2.41. The molecule has 2 heterocycles. The molecule has 1 aliphatic heterocycles. The number of benzene rings is 2. The van der Waals surface area contributed by atoms with Gasteiger partial charge in [-0.05, 0) is 42.3 Å². The van der Waals surface area contributed by atoms with Crippen LogP contribution in [0.4, 0.5) is 5.69 Å². The monoisotopic (exact) mass is 487 g/mol. The number of fused-ring (bicyclic) bond motifs is 1. The number of amides is 1. The Kier molecular flexibility index (Phi) is 7.05. The van der Waals surface area contributed by atoms with Crippen LogP contribution in [-0.2, 0) is 6.42 Å². The van der Waals surface area contributed by atoms with Crippen LogP contribution in [0.1, 0.15) is 27.9 Å². The normalized spacial score (nSPS) is 15.5. The molecule has 0 aliphatic carbocycles. The van der Waals surface area contributed by atoms with Crippen molar-refractivity contribution in [3.63, 3.8) is 0 Å². The van der Waals surface area contributed by atoms with Crippen molar-refractivity contribution >= 4 is 34.8 Å². The molecular weight excluding hydrogens is 465 g/mol. The zero-order chi connectivity index (χ0) is 23.5. The fourth-order valence-electron chi connectivity index (χ4n) is 3.77. The van der Waals surface area contributed by atoms with Gasteiger partial charge in [0.25, 0.3) is 5.91 Å². The Balaban J connectivity index is 1.83. The van der Waals surface area contributed by atoms with Crippen LogP contribution in [0.2, 0.25) is 10.0 Å². The lowest BCUT2D eigenvalue weighted by molar-refractivity contribution is 0.00213. The number of nitrogens with zero attached hydrogens (tertiary/aromatic N) is 3. The van der Waals surface area contributed by atoms with E-state index in [2.05, 4.69) is 4.98 Å². The average Bonchev–Trinajstić information content (AvgIpc) is 2.80. The van der Waals surface area contributed by atoms with Crippen LogP contribution < -0.4 is 9.64 Å². The molecule has 172 valence electrons. The van der Waals surface area contributed by atoms with Crippen LogP contribution >= 0.6 is 23.2 Å². The van der Waals surface area contributed by atoms with E-state index in [0.29, 0.717) is 45.5 Å². The quantitative estimate of drug-likeness (QED) is 0.515. The second-order valence-corrected chi connectivity index (χ2v) is 8.57. The first-order chi connectivity index (χ1) is 15.9. The smallest absolute Gasteiger partial charge is 0.259 e. The molecule has 1 atom stereocenters. The molecule has 0 spiro atoms. The number of anilines is 1. The largest absolute Gasteiger partial charge is 0.439 e. The maximum atomic E-state index is 13.5. The van der Waals surface area contributed by atoms with Gasteiger partial charge in [-0.1, -0.05) is 41.4 Å². The second-order valence-electron chi connectivity index (χ2n) is 7.70. The van der Waals surface area contributed by atoms with Crippen LogP contribution in [-0.4, -0.2) is 52.6 Å². The Hall–Kier alpha value is -2.84. The predicted molar refractivity (Wildman–Crippen MR) is 127 cm³/mol. The number of aliphatic hydroxyl groups excluding tert-OH is 2. The zero-order valence-electron chi connectivity index (χ0n) is 17.9. The number of pyridine rings is 1. The van der Waals surface area contributed by atoms with Crippen LogP contribution in [0, 0.1) is 0 Å². The number of aliphatic hydroxyl groups is 2. The van der Waals surface area contributed by atoms with E-state index in [1.165, 1.54) is 11.1 Å². The fourth-order valence-corrected chi connectivity index (χ4v) is 4.08. The van der Waals surface area contributed by atoms with Crippen LogP contribution in [0.15, 0.2) is 54.7 Å². The molecule has 9 heteroatoms. The van der Waals surface area contributed by atoms with Gasteiger partial charge in [-0.15, -0.1) is 0 Å². The first-order valence-corrected chi connectivity index (χ1v) is 11.2. The Morgan fingerprint density at radius 3 is 2.58 bits per heavy atom. The Bertz CT molecular complexity index is 1160. The number of carbonyl (C=O) groups excluding carboxylic acids is 1. The molecule has 1 unspecified atom stereocenters. The van der Waals surface area contributed by atoms with Gasteiger partial charge in [0.1, 0.15) is 5.75 Å². The Morgan fingerprint density at radius 2 is 1.88 bits per heavy atom. The topological polar surface area (TPSA) is 86.1 Å². The van der Waals surface area contributed by atoms with Gasteiger partial charge in [0.2, 0.25) is 12.2 Å². The first-order valence-electron chi connectivity index (χ1n) is 10.4. The minimum Gasteiger partial charge on any atom is -0.439 e. The van der Waals surface area contributed by atoms with E-state index in [0.717, 1.165) is 5.56 Å². The number of rotatable bonds is 7. The summed E-state index contributed by atoms with van der Waals surface area (Å²) in [5.41, 5.74) is 2.37. The highest BCUT2D eigenvalue weighted by atomic mass is 35.5. The van der Waals surface area contributed by atoms with E-state index in [1.54, 1.807) is 48.3 Å². The molecule has 4 rings (SSSR count). The van der Waals surface area contributed by atoms with Crippen molar-refractivity contribution in [2.24, 2.45) is 0 Å². The summed E-state index contributed by atoms with van der Waals surface area (Å²) in [6.07, 6.45) is 1.05. The molecule has 0 fully saturated rings. The van der Waals surface area contributed by atoms with Crippen molar-refractivity contribution in [1.82, 2.24) is 9.88 Å². The standard InChI is InChI=1S/C24H23Cl2N3O4/c1-28-20-14-27-22(33-18-5-2-4-17(26)13-18)19(12-15-6-8-16(25)9-7-15)21(20)23(31)29(24(28)32)10-3-11-30/h2,4-9,13-14,24,30,32H,3,10-12H2,1H3. The summed E-state index contributed by atoms with van der Waals surface area (Å²) in [4.78, 5) is 20.9. The number of halogens is 2. The zero-order valence-corrected chi connectivity index (χ0v) is 19.4. The minimum atomic E-state index is -1.17. The first kappa shape index (κ1) is 23.3. The highest BCUT2D eigenvalue weighted by Gasteiger charge is 2.37. The van der Waals surface area contributed by atoms with Crippen LogP contribution in [0.5, 0.6) is 11.6 Å². The highest BCUT2D eigenvalue weighted by molar-refractivity contribution is 6.30. The number of aromatic nitrogens is 1. The molecule has 1 amide bonds. The Morgan fingerprint density at radius 1 is 1.12 bits per heavy atom. The summed E-state index contributed by atoms with van der Waals surface area (Å²) in [6, 6.07) is 14.2. The minimum absolute atomic E-state index is 0.0931. The third-order valence-corrected chi connectivity index (χ3v) is 5.95. The number of carbonyl (C=O) groups is 1. The van der Waals surface area contributed by atoms with Crippen molar-refractivity contribution in [2.75, 3.05) is 25.1 Å². The van der Waals surface area contributed by atoms with Gasteiger partial charge in [0.05, 0.1) is 17.4 Å². The summed E-state index contributed by atoms with van der Waals surface area (Å²) < 4.78 is 6.07. The molecule has 33 heavy (non-hydrogen) atoms. The Labute approximate surface area is 201 Å². The third-order valence-electron chi connectivity index (χ3n) is 5.46. The average molecular weight is 488 g/mol. The van der Waals surface area contributed by atoms with Gasteiger partial charge in [0.15, 0.2) is 0 Å². The summed E-state index contributed by atoms with van der Waals surface area (Å²) in [5, 5.41) is 21.1. The van der Waals surface area contributed by atoms with Crippen molar-refractivity contribution < 1.29 is 19.7 Å². The van der Waals surface area contributed by atoms with Crippen LogP contribution in [0.25, 0.3) is 0 Å². The molecular formula is C24H23Cl2N3O4. The van der Waals surface area contributed by atoms with Gasteiger partial charge in [-0.2, -0.15) is 0 Å². The van der Waals surface area contributed by atoms with Crippen molar-refractivity contribution in [2.45, 2.75) is 19.2 Å². The SMILES string of the molecule is CN1c2cnc(Oc3cccc(Cl)c3)c(Cc3ccc(Cl)cc3)c2C(=O)N(CCCO)C1O. The number of ether oxygens (including phenoxy) is 1. The van der Waals surface area contributed by atoms with Crippen molar-refractivity contribution in [1.29, 1.82) is 0 Å². The molecule has 2 aromatic carbocycles. The van der Waals surface area contributed by atoms with E-state index < -0.39 is 6.35 Å². The second kappa shape index (κ2) is 9.97.